The first-order valence-corrected chi connectivity index (χ1v) is 9.36. The van der Waals surface area contributed by atoms with Crippen LogP contribution in [0, 0.1) is 0 Å². The van der Waals surface area contributed by atoms with Crippen LogP contribution in [-0.4, -0.2) is 41.2 Å². The first-order chi connectivity index (χ1) is 13.3. The van der Waals surface area contributed by atoms with Crippen molar-refractivity contribution in [3.8, 4) is 0 Å². The Morgan fingerprint density at radius 1 is 1.04 bits per heavy atom. The van der Waals surface area contributed by atoms with E-state index < -0.39 is 17.5 Å². The summed E-state index contributed by atoms with van der Waals surface area (Å²) < 4.78 is 0. The number of nitrogens with zero attached hydrogens (tertiary/aromatic N) is 2. The van der Waals surface area contributed by atoms with E-state index in [2.05, 4.69) is 12.2 Å². The lowest BCUT2D eigenvalue weighted by Gasteiger charge is -2.23. The molecule has 0 saturated carbocycles. The van der Waals surface area contributed by atoms with E-state index in [0.29, 0.717) is 12.1 Å². The molecule has 1 fully saturated rings. The standard InChI is InChI=1S/C22H25N3O3/c1-4-16-10-12-17(13-11-16)14-24(3)19(26)15-25-20(27)22(2,23-21(25)28)18-8-6-5-7-9-18/h5-13H,4,14-15H2,1-3H3,(H,23,28)/t22-/m0/s1. The van der Waals surface area contributed by atoms with Crippen LogP contribution in [0.4, 0.5) is 4.79 Å². The molecule has 1 heterocycles. The molecule has 1 atom stereocenters. The van der Waals surface area contributed by atoms with Crippen LogP contribution in [0.25, 0.3) is 0 Å². The Balaban J connectivity index is 1.67. The maximum Gasteiger partial charge on any atom is 0.325 e. The van der Waals surface area contributed by atoms with Crippen LogP contribution in [0.1, 0.15) is 30.5 Å². The minimum Gasteiger partial charge on any atom is -0.340 e. The van der Waals surface area contributed by atoms with Crippen LogP contribution < -0.4 is 5.32 Å². The molecule has 1 saturated heterocycles. The van der Waals surface area contributed by atoms with E-state index in [1.165, 1.54) is 10.5 Å². The first-order valence-electron chi connectivity index (χ1n) is 9.36. The Bertz CT molecular complexity index is 880. The number of rotatable bonds is 6. The van der Waals surface area contributed by atoms with Crippen molar-refractivity contribution in [2.45, 2.75) is 32.4 Å². The molecule has 1 N–H and O–H groups in total. The molecule has 2 aromatic rings. The number of amides is 4. The Morgan fingerprint density at radius 3 is 2.25 bits per heavy atom. The number of aryl methyl sites for hydroxylation is 1. The van der Waals surface area contributed by atoms with Gasteiger partial charge in [-0.25, -0.2) is 4.79 Å². The zero-order valence-electron chi connectivity index (χ0n) is 16.4. The molecule has 28 heavy (non-hydrogen) atoms. The van der Waals surface area contributed by atoms with Crippen LogP contribution in [0.15, 0.2) is 54.6 Å². The highest BCUT2D eigenvalue weighted by Gasteiger charge is 2.49. The van der Waals surface area contributed by atoms with E-state index in [0.717, 1.165) is 16.9 Å². The molecule has 6 heteroatoms. The van der Waals surface area contributed by atoms with Crippen molar-refractivity contribution in [1.29, 1.82) is 0 Å². The van der Waals surface area contributed by atoms with Gasteiger partial charge < -0.3 is 10.2 Å². The molecule has 1 aliphatic rings. The first kappa shape index (κ1) is 19.6. The summed E-state index contributed by atoms with van der Waals surface area (Å²) in [5.74, 6) is -0.710. The second-order valence-electron chi connectivity index (χ2n) is 7.23. The summed E-state index contributed by atoms with van der Waals surface area (Å²) in [6.07, 6.45) is 0.960. The predicted molar refractivity (Wildman–Crippen MR) is 106 cm³/mol. The fourth-order valence-corrected chi connectivity index (χ4v) is 3.31. The summed E-state index contributed by atoms with van der Waals surface area (Å²) in [6.45, 7) is 3.89. The number of likely N-dealkylation sites (N-methyl/N-ethyl adjacent to an activating group) is 1. The molecular formula is C22H25N3O3. The van der Waals surface area contributed by atoms with E-state index in [9.17, 15) is 14.4 Å². The second kappa shape index (κ2) is 7.84. The molecule has 6 nitrogen and oxygen atoms in total. The van der Waals surface area contributed by atoms with E-state index in [1.54, 1.807) is 26.1 Å². The van der Waals surface area contributed by atoms with Crippen molar-refractivity contribution in [3.63, 3.8) is 0 Å². The van der Waals surface area contributed by atoms with Crippen LogP contribution in [0.3, 0.4) is 0 Å². The Morgan fingerprint density at radius 2 is 1.64 bits per heavy atom. The highest BCUT2D eigenvalue weighted by molar-refractivity contribution is 6.09. The Hall–Kier alpha value is -3.15. The summed E-state index contributed by atoms with van der Waals surface area (Å²) in [5, 5.41) is 2.72. The second-order valence-corrected chi connectivity index (χ2v) is 7.23. The molecule has 0 spiro atoms. The molecule has 146 valence electrons. The van der Waals surface area contributed by atoms with Gasteiger partial charge in [-0.1, -0.05) is 61.5 Å². The van der Waals surface area contributed by atoms with Crippen molar-refractivity contribution in [2.24, 2.45) is 0 Å². The SMILES string of the molecule is CCc1ccc(CN(C)C(=O)CN2C(=O)N[C@@](C)(c3ccccc3)C2=O)cc1. The van der Waals surface area contributed by atoms with Gasteiger partial charge >= 0.3 is 6.03 Å². The summed E-state index contributed by atoms with van der Waals surface area (Å²) in [6, 6.07) is 16.5. The number of carbonyl (C=O) groups is 3. The molecule has 3 rings (SSSR count). The third-order valence-corrected chi connectivity index (χ3v) is 5.20. The number of hydrogen-bond donors (Lipinski definition) is 1. The van der Waals surface area contributed by atoms with Gasteiger partial charge in [-0.3, -0.25) is 14.5 Å². The Kier molecular flexibility index (Phi) is 5.49. The molecule has 0 radical (unpaired) electrons. The van der Waals surface area contributed by atoms with Gasteiger partial charge in [0.15, 0.2) is 0 Å². The number of urea groups is 1. The number of carbonyl (C=O) groups excluding carboxylic acids is 3. The molecular weight excluding hydrogens is 354 g/mol. The molecule has 2 aromatic carbocycles. The predicted octanol–water partition coefficient (Wildman–Crippen LogP) is 2.67. The van der Waals surface area contributed by atoms with Crippen LogP contribution in [-0.2, 0) is 28.1 Å². The Labute approximate surface area is 165 Å². The highest BCUT2D eigenvalue weighted by atomic mass is 16.2. The zero-order chi connectivity index (χ0) is 20.3. The third kappa shape index (κ3) is 3.76. The fourth-order valence-electron chi connectivity index (χ4n) is 3.31. The van der Waals surface area contributed by atoms with E-state index in [1.807, 2.05) is 42.5 Å². The number of nitrogens with one attached hydrogen (secondary N) is 1. The van der Waals surface area contributed by atoms with Gasteiger partial charge in [0.1, 0.15) is 12.1 Å². The van der Waals surface area contributed by atoms with Gasteiger partial charge in [-0.05, 0) is 30.0 Å². The van der Waals surface area contributed by atoms with Crippen LogP contribution >= 0.6 is 0 Å². The van der Waals surface area contributed by atoms with Crippen LogP contribution in [0.2, 0.25) is 0 Å². The van der Waals surface area contributed by atoms with Gasteiger partial charge in [0, 0.05) is 13.6 Å². The van der Waals surface area contributed by atoms with Crippen molar-refractivity contribution >= 4 is 17.8 Å². The topological polar surface area (TPSA) is 69.7 Å². The molecule has 4 amide bonds. The van der Waals surface area contributed by atoms with Gasteiger partial charge in [0.25, 0.3) is 5.91 Å². The summed E-state index contributed by atoms with van der Waals surface area (Å²) in [5.41, 5.74) is 1.76. The normalized spacial score (nSPS) is 18.9. The van der Waals surface area contributed by atoms with Gasteiger partial charge in [-0.15, -0.1) is 0 Å². The minimum atomic E-state index is -1.16. The number of hydrogen-bond acceptors (Lipinski definition) is 3. The lowest BCUT2D eigenvalue weighted by Crippen LogP contribution is -2.43. The smallest absolute Gasteiger partial charge is 0.325 e. The number of benzene rings is 2. The molecule has 0 unspecified atom stereocenters. The lowest BCUT2D eigenvalue weighted by atomic mass is 9.92. The van der Waals surface area contributed by atoms with Crippen molar-refractivity contribution in [3.05, 3.63) is 71.3 Å². The minimum absolute atomic E-state index is 0.281. The van der Waals surface area contributed by atoms with E-state index in [-0.39, 0.29) is 12.5 Å². The summed E-state index contributed by atoms with van der Waals surface area (Å²) in [4.78, 5) is 40.4. The van der Waals surface area contributed by atoms with Gasteiger partial charge in [0.2, 0.25) is 5.91 Å². The summed E-state index contributed by atoms with van der Waals surface area (Å²) >= 11 is 0. The van der Waals surface area contributed by atoms with Crippen LogP contribution in [0.5, 0.6) is 0 Å². The lowest BCUT2D eigenvalue weighted by molar-refractivity contribution is -0.138. The fraction of sp³-hybridized carbons (Fsp3) is 0.318. The average molecular weight is 379 g/mol. The molecule has 1 aliphatic heterocycles. The third-order valence-electron chi connectivity index (χ3n) is 5.20. The van der Waals surface area contributed by atoms with Crippen molar-refractivity contribution in [2.75, 3.05) is 13.6 Å². The molecule has 0 bridgehead atoms. The zero-order valence-corrected chi connectivity index (χ0v) is 16.4. The highest BCUT2D eigenvalue weighted by Crippen LogP contribution is 2.28. The maximum absolute atomic E-state index is 12.9. The van der Waals surface area contributed by atoms with Crippen molar-refractivity contribution < 1.29 is 14.4 Å². The largest absolute Gasteiger partial charge is 0.340 e. The van der Waals surface area contributed by atoms with E-state index >= 15 is 0 Å². The van der Waals surface area contributed by atoms with E-state index in [4.69, 9.17) is 0 Å². The maximum atomic E-state index is 12.9. The van der Waals surface area contributed by atoms with Gasteiger partial charge in [0.05, 0.1) is 0 Å². The molecule has 0 aliphatic carbocycles. The number of imide groups is 1. The molecule has 0 aromatic heterocycles. The summed E-state index contributed by atoms with van der Waals surface area (Å²) in [7, 11) is 1.67. The monoisotopic (exact) mass is 379 g/mol. The van der Waals surface area contributed by atoms with Crippen molar-refractivity contribution in [1.82, 2.24) is 15.1 Å². The quantitative estimate of drug-likeness (QED) is 0.785. The average Bonchev–Trinajstić information content (AvgIpc) is 2.93. The van der Waals surface area contributed by atoms with Gasteiger partial charge in [-0.2, -0.15) is 0 Å².